The molecule has 1 aromatic carbocycles. The van der Waals surface area contributed by atoms with Gasteiger partial charge < -0.3 is 0 Å². The molecule has 0 aliphatic heterocycles. The van der Waals surface area contributed by atoms with E-state index in [-0.39, 0.29) is 0 Å². The second-order valence-electron chi connectivity index (χ2n) is 3.77. The molecule has 2 heterocycles. The van der Waals surface area contributed by atoms with E-state index in [0.29, 0.717) is 6.42 Å². The maximum atomic E-state index is 8.66. The molecule has 0 spiro atoms. The molecule has 0 saturated carbocycles. The molecule has 0 saturated heterocycles. The van der Waals surface area contributed by atoms with Crippen LogP contribution in [0.5, 0.6) is 0 Å². The van der Waals surface area contributed by atoms with Gasteiger partial charge in [0.2, 0.25) is 0 Å². The van der Waals surface area contributed by atoms with Gasteiger partial charge >= 0.3 is 0 Å². The standard InChI is InChI=1S/C12H9N3S/c1-8-7-15-10-3-2-9(4-5-13)6-11(10)16-12(15)14-8/h2-3,6-7H,4H2,1H3. The first-order valence-corrected chi connectivity index (χ1v) is 5.83. The van der Waals surface area contributed by atoms with E-state index >= 15 is 0 Å². The Hall–Kier alpha value is -1.86. The van der Waals surface area contributed by atoms with Gasteiger partial charge in [0.05, 0.1) is 28.4 Å². The number of aromatic nitrogens is 2. The van der Waals surface area contributed by atoms with Gasteiger partial charge in [-0.3, -0.25) is 4.40 Å². The van der Waals surface area contributed by atoms with E-state index < -0.39 is 0 Å². The van der Waals surface area contributed by atoms with Gasteiger partial charge in [-0.1, -0.05) is 17.4 Å². The molecule has 0 fully saturated rings. The number of imidazole rings is 1. The van der Waals surface area contributed by atoms with Crippen LogP contribution in [0.4, 0.5) is 0 Å². The van der Waals surface area contributed by atoms with Crippen LogP contribution in [0.15, 0.2) is 24.4 Å². The lowest BCUT2D eigenvalue weighted by Gasteiger charge is -1.94. The first kappa shape index (κ1) is 9.37. The number of nitrogens with zero attached hydrogens (tertiary/aromatic N) is 3. The van der Waals surface area contributed by atoms with Crippen molar-refractivity contribution in [1.82, 2.24) is 9.38 Å². The number of aryl methyl sites for hydroxylation is 1. The van der Waals surface area contributed by atoms with E-state index in [2.05, 4.69) is 27.6 Å². The van der Waals surface area contributed by atoms with Crippen molar-refractivity contribution in [2.45, 2.75) is 13.3 Å². The molecule has 78 valence electrons. The number of hydrogen-bond acceptors (Lipinski definition) is 3. The number of fused-ring (bicyclic) bond motifs is 3. The summed E-state index contributed by atoms with van der Waals surface area (Å²) in [7, 11) is 0. The summed E-state index contributed by atoms with van der Waals surface area (Å²) in [6, 6.07) is 8.31. The number of hydrogen-bond donors (Lipinski definition) is 0. The second-order valence-corrected chi connectivity index (χ2v) is 4.78. The predicted molar refractivity (Wildman–Crippen MR) is 64.6 cm³/mol. The molecular weight excluding hydrogens is 218 g/mol. The molecule has 4 heteroatoms. The molecular formula is C12H9N3S. The van der Waals surface area contributed by atoms with Crippen LogP contribution in [-0.2, 0) is 6.42 Å². The third-order valence-electron chi connectivity index (χ3n) is 2.56. The Morgan fingerprint density at radius 1 is 1.50 bits per heavy atom. The fraction of sp³-hybridized carbons (Fsp3) is 0.167. The highest BCUT2D eigenvalue weighted by Crippen LogP contribution is 2.27. The molecule has 3 aromatic rings. The largest absolute Gasteiger partial charge is 0.290 e. The van der Waals surface area contributed by atoms with E-state index in [1.54, 1.807) is 11.3 Å². The number of benzene rings is 1. The molecule has 0 aliphatic carbocycles. The first-order chi connectivity index (χ1) is 7.78. The summed E-state index contributed by atoms with van der Waals surface area (Å²) >= 11 is 1.66. The maximum Gasteiger partial charge on any atom is 0.194 e. The van der Waals surface area contributed by atoms with Gasteiger partial charge in [-0.2, -0.15) is 5.26 Å². The third-order valence-corrected chi connectivity index (χ3v) is 3.58. The minimum absolute atomic E-state index is 0.467. The van der Waals surface area contributed by atoms with E-state index in [1.807, 2.05) is 19.2 Å². The van der Waals surface area contributed by atoms with Crippen LogP contribution in [0.25, 0.3) is 15.2 Å². The zero-order valence-corrected chi connectivity index (χ0v) is 9.58. The lowest BCUT2D eigenvalue weighted by molar-refractivity contribution is 1.25. The summed E-state index contributed by atoms with van der Waals surface area (Å²) in [5, 5.41) is 8.66. The summed E-state index contributed by atoms with van der Waals surface area (Å²) < 4.78 is 3.29. The molecule has 0 unspecified atom stereocenters. The highest BCUT2D eigenvalue weighted by Gasteiger charge is 2.07. The Bertz CT molecular complexity index is 715. The monoisotopic (exact) mass is 227 g/mol. The van der Waals surface area contributed by atoms with Gasteiger partial charge in [0.15, 0.2) is 4.96 Å². The smallest absolute Gasteiger partial charge is 0.194 e. The van der Waals surface area contributed by atoms with Gasteiger partial charge in [-0.15, -0.1) is 0 Å². The Kier molecular flexibility index (Phi) is 1.95. The van der Waals surface area contributed by atoms with Crippen molar-refractivity contribution >= 4 is 26.5 Å². The lowest BCUT2D eigenvalue weighted by Crippen LogP contribution is -1.81. The van der Waals surface area contributed by atoms with Gasteiger partial charge in [0.1, 0.15) is 0 Å². The number of nitriles is 1. The average molecular weight is 227 g/mol. The highest BCUT2D eigenvalue weighted by atomic mass is 32.1. The fourth-order valence-electron chi connectivity index (χ4n) is 1.86. The minimum atomic E-state index is 0.467. The number of rotatable bonds is 1. The van der Waals surface area contributed by atoms with Crippen LogP contribution in [0.3, 0.4) is 0 Å². The van der Waals surface area contributed by atoms with Crippen LogP contribution in [0.2, 0.25) is 0 Å². The van der Waals surface area contributed by atoms with Crippen molar-refractivity contribution in [1.29, 1.82) is 5.26 Å². The van der Waals surface area contributed by atoms with Crippen molar-refractivity contribution in [3.8, 4) is 6.07 Å². The summed E-state index contributed by atoms with van der Waals surface area (Å²) in [5.74, 6) is 0. The average Bonchev–Trinajstić information content (AvgIpc) is 2.73. The molecule has 0 bridgehead atoms. The molecule has 3 rings (SSSR count). The van der Waals surface area contributed by atoms with Crippen LogP contribution in [-0.4, -0.2) is 9.38 Å². The third kappa shape index (κ3) is 1.29. The molecule has 2 aromatic heterocycles. The normalized spacial score (nSPS) is 11.0. The Balaban J connectivity index is 2.30. The topological polar surface area (TPSA) is 41.1 Å². The van der Waals surface area contributed by atoms with E-state index in [9.17, 15) is 0 Å². The quantitative estimate of drug-likeness (QED) is 0.641. The molecule has 0 atom stereocenters. The summed E-state index contributed by atoms with van der Waals surface area (Å²) in [4.78, 5) is 5.46. The van der Waals surface area contributed by atoms with E-state index in [4.69, 9.17) is 5.26 Å². The Morgan fingerprint density at radius 3 is 3.19 bits per heavy atom. The van der Waals surface area contributed by atoms with Crippen molar-refractivity contribution in [2.75, 3.05) is 0 Å². The zero-order valence-electron chi connectivity index (χ0n) is 8.77. The van der Waals surface area contributed by atoms with Crippen molar-refractivity contribution in [2.24, 2.45) is 0 Å². The summed E-state index contributed by atoms with van der Waals surface area (Å²) in [5.41, 5.74) is 3.27. The van der Waals surface area contributed by atoms with Gasteiger partial charge in [-0.25, -0.2) is 4.98 Å². The van der Waals surface area contributed by atoms with Crippen molar-refractivity contribution < 1.29 is 0 Å². The van der Waals surface area contributed by atoms with Crippen molar-refractivity contribution in [3.63, 3.8) is 0 Å². The molecule has 3 nitrogen and oxygen atoms in total. The SMILES string of the molecule is Cc1cn2c(n1)sc1cc(CC#N)ccc12. The molecule has 0 amide bonds. The first-order valence-electron chi connectivity index (χ1n) is 5.02. The van der Waals surface area contributed by atoms with Crippen LogP contribution < -0.4 is 0 Å². The predicted octanol–water partition coefficient (Wildman–Crippen LogP) is 2.92. The molecule has 0 N–H and O–H groups in total. The van der Waals surface area contributed by atoms with Crippen LogP contribution in [0.1, 0.15) is 11.3 Å². The van der Waals surface area contributed by atoms with E-state index in [1.165, 1.54) is 10.2 Å². The Labute approximate surface area is 96.6 Å². The fourth-order valence-corrected chi connectivity index (χ4v) is 2.98. The van der Waals surface area contributed by atoms with Crippen LogP contribution in [0, 0.1) is 18.3 Å². The Morgan fingerprint density at radius 2 is 2.38 bits per heavy atom. The second kappa shape index (κ2) is 3.32. The van der Waals surface area contributed by atoms with E-state index in [0.717, 1.165) is 16.2 Å². The van der Waals surface area contributed by atoms with Gasteiger partial charge in [0.25, 0.3) is 0 Å². The van der Waals surface area contributed by atoms with Gasteiger partial charge in [-0.05, 0) is 24.6 Å². The zero-order chi connectivity index (χ0) is 11.1. The van der Waals surface area contributed by atoms with Crippen molar-refractivity contribution in [3.05, 3.63) is 35.7 Å². The molecule has 0 aliphatic rings. The maximum absolute atomic E-state index is 8.66. The van der Waals surface area contributed by atoms with Crippen LogP contribution >= 0.6 is 11.3 Å². The molecule has 0 radical (unpaired) electrons. The lowest BCUT2D eigenvalue weighted by atomic mass is 10.1. The minimum Gasteiger partial charge on any atom is -0.290 e. The van der Waals surface area contributed by atoms with Gasteiger partial charge in [0, 0.05) is 6.20 Å². The summed E-state index contributed by atoms with van der Waals surface area (Å²) in [6.45, 7) is 2.00. The number of thiazole rings is 1. The highest BCUT2D eigenvalue weighted by molar-refractivity contribution is 7.23. The molecule has 16 heavy (non-hydrogen) atoms. The summed E-state index contributed by atoms with van der Waals surface area (Å²) in [6.07, 6.45) is 2.51.